The summed E-state index contributed by atoms with van der Waals surface area (Å²) in [6.45, 7) is 11.6. The SMILES string of the molecule is C=CCOC(=O)[C@]1(CCCC)CCCC/C1=N\[S+]([O-])C(C)(C)C. The minimum Gasteiger partial charge on any atom is -0.591 e. The summed E-state index contributed by atoms with van der Waals surface area (Å²) in [6, 6.07) is 0. The molecule has 23 heavy (non-hydrogen) atoms. The molecular formula is C18H31NO3S. The average molecular weight is 342 g/mol. The van der Waals surface area contributed by atoms with Gasteiger partial charge in [0, 0.05) is 0 Å². The summed E-state index contributed by atoms with van der Waals surface area (Å²) in [6.07, 6.45) is 7.68. The third-order valence-corrected chi connectivity index (χ3v) is 5.65. The number of ether oxygens (including phenoxy) is 1. The van der Waals surface area contributed by atoms with Crippen molar-refractivity contribution in [2.45, 2.75) is 77.4 Å². The van der Waals surface area contributed by atoms with E-state index in [9.17, 15) is 9.35 Å². The van der Waals surface area contributed by atoms with Crippen molar-refractivity contribution in [1.29, 1.82) is 0 Å². The molecule has 0 aromatic carbocycles. The first-order valence-corrected chi connectivity index (χ1v) is 9.66. The second-order valence-electron chi connectivity index (χ2n) is 7.18. The summed E-state index contributed by atoms with van der Waals surface area (Å²) in [4.78, 5) is 12.8. The predicted octanol–water partition coefficient (Wildman–Crippen LogP) is 4.37. The van der Waals surface area contributed by atoms with E-state index in [0.29, 0.717) is 0 Å². The lowest BCUT2D eigenvalue weighted by Crippen LogP contribution is -2.44. The highest BCUT2D eigenvalue weighted by Crippen LogP contribution is 2.41. The fourth-order valence-electron chi connectivity index (χ4n) is 2.82. The van der Waals surface area contributed by atoms with Gasteiger partial charge in [-0.1, -0.05) is 43.2 Å². The van der Waals surface area contributed by atoms with E-state index >= 15 is 0 Å². The number of esters is 1. The molecule has 0 saturated heterocycles. The van der Waals surface area contributed by atoms with Gasteiger partial charge in [0.05, 0.1) is 5.71 Å². The highest BCUT2D eigenvalue weighted by Gasteiger charge is 2.47. The molecule has 1 aliphatic rings. The summed E-state index contributed by atoms with van der Waals surface area (Å²) in [7, 11) is 0. The average Bonchev–Trinajstić information content (AvgIpc) is 2.50. The van der Waals surface area contributed by atoms with Crippen LogP contribution in [0.1, 0.15) is 72.6 Å². The van der Waals surface area contributed by atoms with Gasteiger partial charge >= 0.3 is 5.97 Å². The molecule has 0 bridgehead atoms. The molecule has 0 spiro atoms. The molecule has 0 aromatic rings. The van der Waals surface area contributed by atoms with E-state index in [1.165, 1.54) is 0 Å². The molecular weight excluding hydrogens is 310 g/mol. The van der Waals surface area contributed by atoms with E-state index in [1.807, 2.05) is 20.8 Å². The first kappa shape index (κ1) is 20.2. The number of unbranched alkanes of at least 4 members (excludes halogenated alkanes) is 1. The molecule has 5 heteroatoms. The molecule has 0 aromatic heterocycles. The first-order chi connectivity index (χ1) is 10.8. The monoisotopic (exact) mass is 341 g/mol. The van der Waals surface area contributed by atoms with Crippen molar-refractivity contribution in [3.63, 3.8) is 0 Å². The van der Waals surface area contributed by atoms with Gasteiger partial charge in [-0.15, -0.1) is 0 Å². The largest absolute Gasteiger partial charge is 0.591 e. The molecule has 1 aliphatic carbocycles. The van der Waals surface area contributed by atoms with Crippen molar-refractivity contribution < 1.29 is 14.1 Å². The molecule has 1 unspecified atom stereocenters. The van der Waals surface area contributed by atoms with E-state index < -0.39 is 21.5 Å². The van der Waals surface area contributed by atoms with Gasteiger partial charge in [-0.25, -0.2) is 0 Å². The smallest absolute Gasteiger partial charge is 0.318 e. The van der Waals surface area contributed by atoms with Gasteiger partial charge in [-0.2, -0.15) is 0 Å². The van der Waals surface area contributed by atoms with Crippen LogP contribution in [0.4, 0.5) is 0 Å². The van der Waals surface area contributed by atoms with E-state index in [-0.39, 0.29) is 12.6 Å². The zero-order valence-electron chi connectivity index (χ0n) is 15.0. The Balaban J connectivity index is 3.16. The standard InChI is InChI=1S/C18H31NO3S/c1-6-8-12-18(16(20)22-14-7-2)13-10-9-11-15(18)19-23(21)17(3,4)5/h7H,2,6,8-14H2,1,3-5H3/b19-15+/t18-,23?/m1/s1. The van der Waals surface area contributed by atoms with Crippen molar-refractivity contribution in [1.82, 2.24) is 0 Å². The van der Waals surface area contributed by atoms with Gasteiger partial charge in [-0.3, -0.25) is 4.79 Å². The molecule has 4 nitrogen and oxygen atoms in total. The van der Waals surface area contributed by atoms with Crippen LogP contribution in [-0.4, -0.2) is 27.6 Å². The van der Waals surface area contributed by atoms with Crippen LogP contribution in [0.3, 0.4) is 0 Å². The Morgan fingerprint density at radius 2 is 2.17 bits per heavy atom. The predicted molar refractivity (Wildman–Crippen MR) is 96.9 cm³/mol. The molecule has 2 atom stereocenters. The fraction of sp³-hybridized carbons (Fsp3) is 0.778. The third-order valence-electron chi connectivity index (χ3n) is 4.22. The quantitative estimate of drug-likeness (QED) is 0.392. The maximum atomic E-state index is 12.8. The Morgan fingerprint density at radius 1 is 1.48 bits per heavy atom. The maximum Gasteiger partial charge on any atom is 0.318 e. The van der Waals surface area contributed by atoms with E-state index in [0.717, 1.165) is 50.7 Å². The van der Waals surface area contributed by atoms with E-state index in [4.69, 9.17) is 4.74 Å². The second kappa shape index (κ2) is 8.88. The minimum atomic E-state index is -1.35. The number of hydrogen-bond donors (Lipinski definition) is 0. The van der Waals surface area contributed by atoms with Gasteiger partial charge in [0.2, 0.25) is 0 Å². The van der Waals surface area contributed by atoms with Crippen LogP contribution in [0.2, 0.25) is 0 Å². The molecule has 0 heterocycles. The van der Waals surface area contributed by atoms with Gasteiger partial charge in [-0.05, 0) is 46.5 Å². The van der Waals surface area contributed by atoms with Gasteiger partial charge < -0.3 is 9.29 Å². The number of rotatable bonds is 7. The van der Waals surface area contributed by atoms with Gasteiger partial charge in [0.1, 0.15) is 28.1 Å². The van der Waals surface area contributed by atoms with Crippen molar-refractivity contribution in [2.75, 3.05) is 6.61 Å². The van der Waals surface area contributed by atoms with Crippen LogP contribution in [0.15, 0.2) is 17.1 Å². The number of carbonyl (C=O) groups excluding carboxylic acids is 1. The van der Waals surface area contributed by atoms with Crippen LogP contribution in [0, 0.1) is 5.41 Å². The van der Waals surface area contributed by atoms with Crippen LogP contribution in [0.25, 0.3) is 0 Å². The summed E-state index contributed by atoms with van der Waals surface area (Å²) in [5, 5.41) is 0. The summed E-state index contributed by atoms with van der Waals surface area (Å²) >= 11 is -1.35. The Hall–Kier alpha value is -0.810. The van der Waals surface area contributed by atoms with Gasteiger partial charge in [0.25, 0.3) is 0 Å². The zero-order chi connectivity index (χ0) is 17.5. The number of carbonyl (C=O) groups is 1. The minimum absolute atomic E-state index is 0.211. The Morgan fingerprint density at radius 3 is 2.74 bits per heavy atom. The molecule has 0 aliphatic heterocycles. The number of hydrogen-bond acceptors (Lipinski definition) is 4. The Labute approximate surface area is 144 Å². The van der Waals surface area contributed by atoms with Crippen LogP contribution in [-0.2, 0) is 20.9 Å². The molecule has 0 N–H and O–H groups in total. The number of nitrogens with zero attached hydrogens (tertiary/aromatic N) is 1. The lowest BCUT2D eigenvalue weighted by atomic mass is 9.69. The maximum absolute atomic E-state index is 12.8. The lowest BCUT2D eigenvalue weighted by molar-refractivity contribution is -0.151. The summed E-state index contributed by atoms with van der Waals surface area (Å²) in [5.74, 6) is -0.227. The zero-order valence-corrected chi connectivity index (χ0v) is 15.8. The Kier molecular flexibility index (Phi) is 7.81. The van der Waals surface area contributed by atoms with Crippen molar-refractivity contribution in [2.24, 2.45) is 9.81 Å². The molecule has 1 rings (SSSR count). The lowest BCUT2D eigenvalue weighted by Gasteiger charge is -2.36. The first-order valence-electron chi connectivity index (χ1n) is 8.56. The van der Waals surface area contributed by atoms with E-state index in [2.05, 4.69) is 17.9 Å². The van der Waals surface area contributed by atoms with Gasteiger partial charge in [0.15, 0.2) is 0 Å². The molecule has 132 valence electrons. The van der Waals surface area contributed by atoms with E-state index in [1.54, 1.807) is 6.08 Å². The molecule has 0 amide bonds. The molecule has 1 fully saturated rings. The highest BCUT2D eigenvalue weighted by molar-refractivity contribution is 7.91. The van der Waals surface area contributed by atoms with Crippen molar-refractivity contribution >= 4 is 23.0 Å². The molecule has 1 saturated carbocycles. The topological polar surface area (TPSA) is 61.7 Å². The van der Waals surface area contributed by atoms with Crippen LogP contribution in [0.5, 0.6) is 0 Å². The second-order valence-corrected chi connectivity index (χ2v) is 9.09. The fourth-order valence-corrected chi connectivity index (χ4v) is 3.56. The summed E-state index contributed by atoms with van der Waals surface area (Å²) in [5.41, 5.74) is 0.0811. The Bertz CT molecular complexity index is 442. The normalized spacial score (nSPS) is 25.2. The molecule has 0 radical (unpaired) electrons. The highest BCUT2D eigenvalue weighted by atomic mass is 32.2. The van der Waals surface area contributed by atoms with Crippen LogP contribution < -0.4 is 0 Å². The summed E-state index contributed by atoms with van der Waals surface area (Å²) < 4.78 is 22.0. The van der Waals surface area contributed by atoms with Crippen LogP contribution >= 0.6 is 0 Å². The van der Waals surface area contributed by atoms with Crippen molar-refractivity contribution in [3.05, 3.63) is 12.7 Å². The third kappa shape index (κ3) is 5.35. The van der Waals surface area contributed by atoms with Crippen molar-refractivity contribution in [3.8, 4) is 0 Å².